The highest BCUT2D eigenvalue weighted by Crippen LogP contribution is 2.40. The zero-order valence-corrected chi connectivity index (χ0v) is 15.4. The number of aryl methyl sites for hydroxylation is 1. The van der Waals surface area contributed by atoms with E-state index in [0.717, 1.165) is 10.7 Å². The first-order valence-corrected chi connectivity index (χ1v) is 8.99. The van der Waals surface area contributed by atoms with E-state index in [4.69, 9.17) is 21.0 Å². The summed E-state index contributed by atoms with van der Waals surface area (Å²) >= 11 is 7.77. The molecule has 6 nitrogen and oxygen atoms in total. The minimum Gasteiger partial charge on any atom is -0.421 e. The molecule has 0 bridgehead atoms. The van der Waals surface area contributed by atoms with Crippen LogP contribution in [0.2, 0.25) is 5.02 Å². The van der Waals surface area contributed by atoms with Crippen LogP contribution in [0.3, 0.4) is 0 Å². The summed E-state index contributed by atoms with van der Waals surface area (Å²) in [5.41, 5.74) is 2.13. The van der Waals surface area contributed by atoms with Crippen molar-refractivity contribution in [3.05, 3.63) is 68.7 Å². The predicted molar refractivity (Wildman–Crippen MR) is 97.6 cm³/mol. The third-order valence-corrected chi connectivity index (χ3v) is 5.00. The van der Waals surface area contributed by atoms with E-state index in [1.54, 1.807) is 19.2 Å². The lowest BCUT2D eigenvalue weighted by Gasteiger charge is -2.25. The molecule has 1 unspecified atom stereocenters. The molecule has 0 amide bonds. The number of thiazole rings is 1. The smallest absolute Gasteiger partial charge is 0.247 e. The van der Waals surface area contributed by atoms with E-state index in [1.807, 2.05) is 12.3 Å². The van der Waals surface area contributed by atoms with Crippen LogP contribution < -0.4 is 5.32 Å². The first-order chi connectivity index (χ1) is 12.5. The molecule has 0 fully saturated rings. The van der Waals surface area contributed by atoms with Crippen molar-refractivity contribution in [2.45, 2.75) is 19.9 Å². The fraction of sp³-hybridized carbons (Fsp3) is 0.176. The largest absolute Gasteiger partial charge is 0.421 e. The van der Waals surface area contributed by atoms with Crippen LogP contribution in [0.4, 0.5) is 4.39 Å². The summed E-state index contributed by atoms with van der Waals surface area (Å²) in [4.78, 5) is 9.06. The summed E-state index contributed by atoms with van der Waals surface area (Å²) < 4.78 is 19.1. The Labute approximate surface area is 157 Å². The first kappa shape index (κ1) is 16.9. The van der Waals surface area contributed by atoms with Crippen LogP contribution in [0.5, 0.6) is 0 Å². The Morgan fingerprint density at radius 3 is 2.77 bits per heavy atom. The van der Waals surface area contributed by atoms with Gasteiger partial charge in [-0.2, -0.15) is 0 Å². The van der Waals surface area contributed by atoms with Gasteiger partial charge in [0.1, 0.15) is 11.9 Å². The van der Waals surface area contributed by atoms with Gasteiger partial charge >= 0.3 is 0 Å². The first-order valence-electron chi connectivity index (χ1n) is 7.74. The van der Waals surface area contributed by atoms with Crippen LogP contribution in [0.1, 0.15) is 35.3 Å². The van der Waals surface area contributed by atoms with Crippen LogP contribution in [0, 0.1) is 12.7 Å². The van der Waals surface area contributed by atoms with Crippen molar-refractivity contribution in [1.29, 1.82) is 0 Å². The molecular weight excluding hydrogens is 377 g/mol. The number of aliphatic imine (C=N–C) groups is 1. The molecule has 1 N–H and O–H groups in total. The van der Waals surface area contributed by atoms with Crippen LogP contribution in [-0.4, -0.2) is 21.0 Å². The molecule has 4 rings (SSSR count). The molecule has 3 aromatic rings. The predicted octanol–water partition coefficient (Wildman–Crippen LogP) is 4.15. The minimum absolute atomic E-state index is 0.278. The van der Waals surface area contributed by atoms with Crippen molar-refractivity contribution in [3.8, 4) is 0 Å². The Bertz CT molecular complexity index is 1030. The van der Waals surface area contributed by atoms with Crippen LogP contribution >= 0.6 is 22.9 Å². The Balaban J connectivity index is 1.88. The number of nitrogens with zero attached hydrogens (tertiary/aromatic N) is 4. The topological polar surface area (TPSA) is 76.2 Å². The molecule has 1 aliphatic rings. The number of benzene rings is 1. The maximum Gasteiger partial charge on any atom is 0.247 e. The minimum atomic E-state index is -0.525. The molecule has 0 saturated heterocycles. The van der Waals surface area contributed by atoms with E-state index >= 15 is 0 Å². The number of aromatic nitrogens is 3. The lowest BCUT2D eigenvalue weighted by atomic mass is 9.96. The van der Waals surface area contributed by atoms with E-state index in [2.05, 4.69) is 20.5 Å². The van der Waals surface area contributed by atoms with Crippen molar-refractivity contribution < 1.29 is 8.81 Å². The van der Waals surface area contributed by atoms with Crippen molar-refractivity contribution in [1.82, 2.24) is 20.5 Å². The number of nitrogens with one attached hydrogen (secondary N) is 1. The second-order valence-electron chi connectivity index (χ2n) is 5.67. The highest BCUT2D eigenvalue weighted by Gasteiger charge is 2.31. The second kappa shape index (κ2) is 6.62. The molecule has 26 heavy (non-hydrogen) atoms. The summed E-state index contributed by atoms with van der Waals surface area (Å²) in [6.07, 6.45) is 1.71. The molecule has 1 aliphatic heterocycles. The van der Waals surface area contributed by atoms with E-state index in [0.29, 0.717) is 28.8 Å². The highest BCUT2D eigenvalue weighted by molar-refractivity contribution is 7.11. The van der Waals surface area contributed by atoms with E-state index in [9.17, 15) is 4.39 Å². The van der Waals surface area contributed by atoms with Gasteiger partial charge in [-0.3, -0.25) is 4.99 Å². The third kappa shape index (κ3) is 3.02. The molecular formula is C17H13ClFN5OS. The van der Waals surface area contributed by atoms with E-state index < -0.39 is 11.9 Å². The Morgan fingerprint density at radius 1 is 1.27 bits per heavy atom. The molecule has 0 saturated carbocycles. The van der Waals surface area contributed by atoms with Gasteiger partial charge in [0.15, 0.2) is 10.8 Å². The Hall–Kier alpha value is -2.58. The van der Waals surface area contributed by atoms with Crippen molar-refractivity contribution >= 4 is 34.3 Å². The normalized spacial score (nSPS) is 17.2. The zero-order valence-electron chi connectivity index (χ0n) is 13.8. The van der Waals surface area contributed by atoms with Gasteiger partial charge in [-0.1, -0.05) is 17.7 Å². The SMILES string of the molecule is CC1=C(c2nnc(C)o2)C(c2ccc(F)cc2Cl)N=C(c2nccs2)N1. The van der Waals surface area contributed by atoms with Crippen molar-refractivity contribution in [3.63, 3.8) is 0 Å². The second-order valence-corrected chi connectivity index (χ2v) is 6.98. The number of hydrogen-bond donors (Lipinski definition) is 1. The van der Waals surface area contributed by atoms with Gasteiger partial charge in [-0.05, 0) is 19.1 Å². The quantitative estimate of drug-likeness (QED) is 0.728. The maximum atomic E-state index is 13.5. The van der Waals surface area contributed by atoms with Gasteiger partial charge in [-0.25, -0.2) is 9.37 Å². The van der Waals surface area contributed by atoms with Gasteiger partial charge in [0.2, 0.25) is 11.8 Å². The van der Waals surface area contributed by atoms with E-state index in [-0.39, 0.29) is 5.02 Å². The van der Waals surface area contributed by atoms with Crippen molar-refractivity contribution in [2.24, 2.45) is 4.99 Å². The molecule has 0 spiro atoms. The average molecular weight is 390 g/mol. The fourth-order valence-corrected chi connectivity index (χ4v) is 3.61. The van der Waals surface area contributed by atoms with Gasteiger partial charge in [0.05, 0.1) is 5.57 Å². The fourth-order valence-electron chi connectivity index (χ4n) is 2.76. The molecule has 9 heteroatoms. The number of allylic oxidation sites excluding steroid dienone is 1. The molecule has 2 aromatic heterocycles. The van der Waals surface area contributed by atoms with Crippen molar-refractivity contribution in [2.75, 3.05) is 0 Å². The average Bonchev–Trinajstić information content (AvgIpc) is 3.26. The summed E-state index contributed by atoms with van der Waals surface area (Å²) in [6, 6.07) is 3.72. The lowest BCUT2D eigenvalue weighted by Crippen LogP contribution is -2.29. The highest BCUT2D eigenvalue weighted by atomic mass is 35.5. The maximum absolute atomic E-state index is 13.5. The lowest BCUT2D eigenvalue weighted by molar-refractivity contribution is 0.500. The zero-order chi connectivity index (χ0) is 18.3. The summed E-state index contributed by atoms with van der Waals surface area (Å²) in [5, 5.41) is 14.1. The molecule has 3 heterocycles. The van der Waals surface area contributed by atoms with Gasteiger partial charge in [0, 0.05) is 34.8 Å². The standard InChI is InChI=1S/C17H13ClFN5OS/c1-8-13(16-24-23-9(2)25-16)14(11-4-3-10(19)7-12(11)18)22-15(21-8)17-20-5-6-26-17/h3-7,14H,1-2H3,(H,21,22). The molecule has 1 aromatic carbocycles. The molecule has 132 valence electrons. The van der Waals surface area contributed by atoms with Crippen LogP contribution in [0.15, 0.2) is 44.9 Å². The Morgan fingerprint density at radius 2 is 2.12 bits per heavy atom. The van der Waals surface area contributed by atoms with Crippen LogP contribution in [0.25, 0.3) is 5.57 Å². The summed E-state index contributed by atoms with van der Waals surface area (Å²) in [7, 11) is 0. The third-order valence-electron chi connectivity index (χ3n) is 3.89. The van der Waals surface area contributed by atoms with Crippen LogP contribution in [-0.2, 0) is 0 Å². The molecule has 0 aliphatic carbocycles. The van der Waals surface area contributed by atoms with Gasteiger partial charge in [0.25, 0.3) is 0 Å². The van der Waals surface area contributed by atoms with Gasteiger partial charge < -0.3 is 9.73 Å². The van der Waals surface area contributed by atoms with E-state index in [1.165, 1.54) is 23.5 Å². The monoisotopic (exact) mass is 389 g/mol. The summed E-state index contributed by atoms with van der Waals surface area (Å²) in [5.74, 6) is 0.995. The number of halogens is 2. The number of amidine groups is 1. The number of rotatable bonds is 3. The summed E-state index contributed by atoms with van der Waals surface area (Å²) in [6.45, 7) is 3.61. The van der Waals surface area contributed by atoms with Gasteiger partial charge in [-0.15, -0.1) is 21.5 Å². The molecule has 0 radical (unpaired) electrons. The Kier molecular flexibility index (Phi) is 4.29. The number of hydrogen-bond acceptors (Lipinski definition) is 7. The molecule has 1 atom stereocenters.